The van der Waals surface area contributed by atoms with Crippen molar-refractivity contribution in [2.75, 3.05) is 0 Å². The molecule has 1 heteroatoms. The standard InChI is InChI=1S/C9H12Si/c1-7-5-3-4-6-9(7)8(2)10/h3-6H,2H2,1,10H3. The maximum atomic E-state index is 3.95. The van der Waals surface area contributed by atoms with Crippen LogP contribution < -0.4 is 0 Å². The van der Waals surface area contributed by atoms with E-state index in [9.17, 15) is 0 Å². The van der Waals surface area contributed by atoms with E-state index in [2.05, 4.69) is 37.8 Å². The smallest absolute Gasteiger partial charge is 0.0385 e. The van der Waals surface area contributed by atoms with Crippen molar-refractivity contribution in [3.8, 4) is 0 Å². The van der Waals surface area contributed by atoms with Crippen LogP contribution in [0.2, 0.25) is 0 Å². The molecule has 0 heterocycles. The van der Waals surface area contributed by atoms with Gasteiger partial charge in [-0.15, -0.1) is 6.58 Å². The molecule has 1 aromatic rings. The molecule has 0 bridgehead atoms. The van der Waals surface area contributed by atoms with Crippen LogP contribution in [0.4, 0.5) is 0 Å². The third-order valence-electron chi connectivity index (χ3n) is 1.60. The first-order valence-corrected chi connectivity index (χ1v) is 4.43. The molecule has 0 radical (unpaired) electrons. The van der Waals surface area contributed by atoms with Crippen molar-refractivity contribution in [2.45, 2.75) is 6.92 Å². The first kappa shape index (κ1) is 7.29. The van der Waals surface area contributed by atoms with Crippen LogP contribution >= 0.6 is 0 Å². The monoisotopic (exact) mass is 148 g/mol. The fraction of sp³-hybridized carbons (Fsp3) is 0.111. The molecule has 0 aliphatic rings. The van der Waals surface area contributed by atoms with E-state index in [1.807, 2.05) is 0 Å². The van der Waals surface area contributed by atoms with Crippen LogP contribution in [-0.4, -0.2) is 10.2 Å². The minimum Gasteiger partial charge on any atom is -0.100 e. The van der Waals surface area contributed by atoms with Gasteiger partial charge in [-0.1, -0.05) is 29.5 Å². The summed E-state index contributed by atoms with van der Waals surface area (Å²) in [7, 11) is 1.06. The van der Waals surface area contributed by atoms with E-state index in [1.165, 1.54) is 16.3 Å². The third kappa shape index (κ3) is 1.36. The Morgan fingerprint density at radius 3 is 2.40 bits per heavy atom. The van der Waals surface area contributed by atoms with Crippen LogP contribution in [0.5, 0.6) is 0 Å². The molecule has 1 aromatic carbocycles. The summed E-state index contributed by atoms with van der Waals surface area (Å²) in [5, 5.41) is 1.28. The Morgan fingerprint density at radius 1 is 1.40 bits per heavy atom. The molecular weight excluding hydrogens is 136 g/mol. The summed E-state index contributed by atoms with van der Waals surface area (Å²) in [4.78, 5) is 0. The number of hydrogen-bond acceptors (Lipinski definition) is 0. The largest absolute Gasteiger partial charge is 0.100 e. The molecule has 0 aliphatic carbocycles. The van der Waals surface area contributed by atoms with Crippen molar-refractivity contribution >= 4 is 15.4 Å². The van der Waals surface area contributed by atoms with E-state index in [0.717, 1.165) is 10.2 Å². The lowest BCUT2D eigenvalue weighted by atomic mass is 10.1. The Balaban J connectivity index is 3.15. The molecule has 0 amide bonds. The Labute approximate surface area is 65.0 Å². The fourth-order valence-electron chi connectivity index (χ4n) is 1.05. The summed E-state index contributed by atoms with van der Waals surface area (Å²) in [5.41, 5.74) is 2.66. The predicted molar refractivity (Wildman–Crippen MR) is 50.2 cm³/mol. The Hall–Kier alpha value is -0.823. The van der Waals surface area contributed by atoms with Crippen LogP contribution in [0.1, 0.15) is 11.1 Å². The summed E-state index contributed by atoms with van der Waals surface area (Å²) in [6.45, 7) is 6.07. The van der Waals surface area contributed by atoms with E-state index < -0.39 is 0 Å². The van der Waals surface area contributed by atoms with Crippen LogP contribution in [0, 0.1) is 6.92 Å². The van der Waals surface area contributed by atoms with Gasteiger partial charge in [-0.25, -0.2) is 0 Å². The minimum absolute atomic E-state index is 1.06. The zero-order chi connectivity index (χ0) is 7.56. The minimum atomic E-state index is 1.06. The average molecular weight is 148 g/mol. The normalized spacial score (nSPS) is 9.70. The average Bonchev–Trinajstić information content (AvgIpc) is 1.88. The molecule has 52 valence electrons. The molecule has 0 nitrogen and oxygen atoms in total. The molecule has 0 unspecified atom stereocenters. The van der Waals surface area contributed by atoms with E-state index >= 15 is 0 Å². The zero-order valence-corrected chi connectivity index (χ0v) is 8.52. The Bertz CT molecular complexity index is 251. The first-order valence-electron chi connectivity index (χ1n) is 3.43. The van der Waals surface area contributed by atoms with Crippen molar-refractivity contribution < 1.29 is 0 Å². The van der Waals surface area contributed by atoms with Crippen LogP contribution in [-0.2, 0) is 0 Å². The number of benzene rings is 1. The highest BCUT2D eigenvalue weighted by atomic mass is 28.1. The molecule has 0 atom stereocenters. The van der Waals surface area contributed by atoms with Crippen LogP contribution in [0.3, 0.4) is 0 Å². The van der Waals surface area contributed by atoms with Crippen molar-refractivity contribution in [3.05, 3.63) is 42.0 Å². The number of rotatable bonds is 1. The summed E-state index contributed by atoms with van der Waals surface area (Å²) in [6.07, 6.45) is 0. The maximum absolute atomic E-state index is 3.95. The molecule has 0 N–H and O–H groups in total. The van der Waals surface area contributed by atoms with E-state index in [-0.39, 0.29) is 0 Å². The van der Waals surface area contributed by atoms with Gasteiger partial charge in [0.25, 0.3) is 0 Å². The van der Waals surface area contributed by atoms with Crippen molar-refractivity contribution in [3.63, 3.8) is 0 Å². The number of aryl methyl sites for hydroxylation is 1. The van der Waals surface area contributed by atoms with E-state index in [1.54, 1.807) is 0 Å². The number of hydrogen-bond donors (Lipinski definition) is 0. The first-order chi connectivity index (χ1) is 4.72. The highest BCUT2D eigenvalue weighted by Gasteiger charge is 1.93. The summed E-state index contributed by atoms with van der Waals surface area (Å²) < 4.78 is 0. The van der Waals surface area contributed by atoms with Crippen molar-refractivity contribution in [1.82, 2.24) is 0 Å². The Kier molecular flexibility index (Phi) is 2.07. The fourth-order valence-corrected chi connectivity index (χ4v) is 1.61. The lowest BCUT2D eigenvalue weighted by Crippen LogP contribution is -1.84. The van der Waals surface area contributed by atoms with Crippen molar-refractivity contribution in [2.24, 2.45) is 0 Å². The van der Waals surface area contributed by atoms with Gasteiger partial charge in [0.05, 0.1) is 0 Å². The van der Waals surface area contributed by atoms with E-state index in [0.29, 0.717) is 0 Å². The highest BCUT2D eigenvalue weighted by molar-refractivity contribution is 6.41. The third-order valence-corrected chi connectivity index (χ3v) is 2.14. The van der Waals surface area contributed by atoms with Gasteiger partial charge in [-0.05, 0) is 18.1 Å². The molecule has 0 aromatic heterocycles. The quantitative estimate of drug-likeness (QED) is 0.527. The molecular formula is C9H12Si. The second-order valence-electron chi connectivity index (χ2n) is 2.60. The molecule has 0 saturated carbocycles. The highest BCUT2D eigenvalue weighted by Crippen LogP contribution is 2.12. The summed E-state index contributed by atoms with van der Waals surface area (Å²) in [5.74, 6) is 0. The van der Waals surface area contributed by atoms with Gasteiger partial charge in [0, 0.05) is 10.2 Å². The van der Waals surface area contributed by atoms with Gasteiger partial charge in [0.15, 0.2) is 0 Å². The van der Waals surface area contributed by atoms with E-state index in [4.69, 9.17) is 0 Å². The molecule has 0 saturated heterocycles. The van der Waals surface area contributed by atoms with Crippen LogP contribution in [0.15, 0.2) is 30.8 Å². The van der Waals surface area contributed by atoms with Gasteiger partial charge < -0.3 is 0 Å². The summed E-state index contributed by atoms with van der Waals surface area (Å²) >= 11 is 0. The lowest BCUT2D eigenvalue weighted by molar-refractivity contribution is 1.44. The van der Waals surface area contributed by atoms with Gasteiger partial charge in [-0.2, -0.15) is 0 Å². The maximum Gasteiger partial charge on any atom is 0.0385 e. The van der Waals surface area contributed by atoms with Gasteiger partial charge in [0.1, 0.15) is 0 Å². The van der Waals surface area contributed by atoms with Gasteiger partial charge in [0.2, 0.25) is 0 Å². The van der Waals surface area contributed by atoms with Gasteiger partial charge in [-0.3, -0.25) is 0 Å². The van der Waals surface area contributed by atoms with Gasteiger partial charge >= 0.3 is 0 Å². The molecule has 10 heavy (non-hydrogen) atoms. The second kappa shape index (κ2) is 2.84. The topological polar surface area (TPSA) is 0 Å². The molecule has 0 fully saturated rings. The molecule has 0 spiro atoms. The predicted octanol–water partition coefficient (Wildman–Crippen LogP) is 1.33. The zero-order valence-electron chi connectivity index (χ0n) is 6.52. The second-order valence-corrected chi connectivity index (χ2v) is 3.80. The molecule has 1 rings (SSSR count). The van der Waals surface area contributed by atoms with Crippen LogP contribution in [0.25, 0.3) is 5.20 Å². The van der Waals surface area contributed by atoms with Crippen molar-refractivity contribution in [1.29, 1.82) is 0 Å². The summed E-state index contributed by atoms with van der Waals surface area (Å²) in [6, 6.07) is 8.37. The lowest BCUT2D eigenvalue weighted by Gasteiger charge is -2.02. The SMILES string of the molecule is C=C([SiH3])c1ccccc1C. The Morgan fingerprint density at radius 2 is 2.00 bits per heavy atom. The molecule has 0 aliphatic heterocycles.